The van der Waals surface area contributed by atoms with Gasteiger partial charge in [0.05, 0.1) is 5.60 Å². The van der Waals surface area contributed by atoms with Crippen molar-refractivity contribution in [1.82, 2.24) is 0 Å². The van der Waals surface area contributed by atoms with Gasteiger partial charge in [0.1, 0.15) is 0 Å². The summed E-state index contributed by atoms with van der Waals surface area (Å²) in [4.78, 5) is 0. The lowest BCUT2D eigenvalue weighted by molar-refractivity contribution is 0.0611. The molecule has 1 aromatic carbocycles. The van der Waals surface area contributed by atoms with Gasteiger partial charge in [-0.05, 0) is 55.1 Å². The van der Waals surface area contributed by atoms with E-state index in [9.17, 15) is 0 Å². The van der Waals surface area contributed by atoms with Crippen molar-refractivity contribution in [1.29, 1.82) is 0 Å². The minimum atomic E-state index is -1.87. The average Bonchev–Trinajstić information content (AvgIpc) is 2.98. The molecule has 0 bridgehead atoms. The highest BCUT2D eigenvalue weighted by molar-refractivity contribution is 6.82. The Bertz CT molecular complexity index is 591. The third-order valence-electron chi connectivity index (χ3n) is 6.30. The molecule has 1 nitrogen and oxygen atoms in total. The maximum absolute atomic E-state index is 6.93. The first-order chi connectivity index (χ1) is 10.4. The second-order valence-electron chi connectivity index (χ2n) is 7.60. The van der Waals surface area contributed by atoms with Crippen molar-refractivity contribution in [2.75, 3.05) is 0 Å². The molecule has 0 N–H and O–H groups in total. The quantitative estimate of drug-likeness (QED) is 0.663. The molecule has 3 rings (SSSR count). The summed E-state index contributed by atoms with van der Waals surface area (Å²) in [6.07, 6.45) is 4.87. The molecule has 0 radical (unpaired) electrons. The van der Waals surface area contributed by atoms with E-state index in [0.717, 1.165) is 0 Å². The largest absolute Gasteiger partial charge is 0.407 e. The zero-order valence-electron chi connectivity index (χ0n) is 14.7. The lowest BCUT2D eigenvalue weighted by Crippen LogP contribution is -2.42. The lowest BCUT2D eigenvalue weighted by atomic mass is 9.69. The predicted octanol–water partition coefficient (Wildman–Crippen LogP) is 5.54. The summed E-state index contributed by atoms with van der Waals surface area (Å²) in [5.74, 6) is 0. The molecule has 0 amide bonds. The van der Waals surface area contributed by atoms with Gasteiger partial charge in [-0.15, -0.1) is 6.58 Å². The molecular formula is C20H30OSi. The van der Waals surface area contributed by atoms with E-state index in [1.807, 2.05) is 0 Å². The maximum Gasteiger partial charge on any atom is 0.221 e. The molecule has 1 aliphatic carbocycles. The molecule has 1 heterocycles. The van der Waals surface area contributed by atoms with E-state index in [1.165, 1.54) is 54.1 Å². The molecule has 1 aromatic rings. The second kappa shape index (κ2) is 5.35. The Morgan fingerprint density at radius 3 is 2.64 bits per heavy atom. The van der Waals surface area contributed by atoms with Gasteiger partial charge in [0.2, 0.25) is 8.32 Å². The summed E-state index contributed by atoms with van der Waals surface area (Å²) in [6.45, 7) is 13.9. The van der Waals surface area contributed by atoms with Crippen molar-refractivity contribution in [3.63, 3.8) is 0 Å². The number of fused-ring (bicyclic) bond motifs is 2. The fourth-order valence-electron chi connectivity index (χ4n) is 5.07. The molecule has 2 atom stereocenters. The van der Waals surface area contributed by atoms with Crippen LogP contribution in [-0.4, -0.2) is 13.9 Å². The Balaban J connectivity index is 2.11. The van der Waals surface area contributed by atoms with E-state index >= 15 is 0 Å². The van der Waals surface area contributed by atoms with Gasteiger partial charge in [0, 0.05) is 5.41 Å². The highest BCUT2D eigenvalue weighted by atomic mass is 28.4. The van der Waals surface area contributed by atoms with E-state index in [4.69, 9.17) is 11.0 Å². The Kier molecular flexibility index (Phi) is 3.89. The van der Waals surface area contributed by atoms with Gasteiger partial charge in [-0.2, -0.15) is 0 Å². The summed E-state index contributed by atoms with van der Waals surface area (Å²) >= 11 is 0. The Morgan fingerprint density at radius 2 is 1.95 bits per heavy atom. The number of rotatable bonds is 4. The van der Waals surface area contributed by atoms with Gasteiger partial charge in [-0.25, -0.2) is 0 Å². The van der Waals surface area contributed by atoms with Crippen LogP contribution in [0.2, 0.25) is 12.1 Å². The molecule has 1 saturated heterocycles. The van der Waals surface area contributed by atoms with Crippen molar-refractivity contribution in [3.05, 3.63) is 47.2 Å². The molecule has 120 valence electrons. The van der Waals surface area contributed by atoms with Crippen LogP contribution in [-0.2, 0) is 16.3 Å². The zero-order valence-corrected chi connectivity index (χ0v) is 15.7. The highest BCUT2D eigenvalue weighted by Gasteiger charge is 2.65. The summed E-state index contributed by atoms with van der Waals surface area (Å²) in [5, 5.41) is 1.48. The Morgan fingerprint density at radius 1 is 1.23 bits per heavy atom. The van der Waals surface area contributed by atoms with E-state index in [0.29, 0.717) is 0 Å². The van der Waals surface area contributed by atoms with E-state index in [1.54, 1.807) is 0 Å². The number of benzene rings is 1. The van der Waals surface area contributed by atoms with E-state index in [-0.39, 0.29) is 11.0 Å². The predicted molar refractivity (Wildman–Crippen MR) is 96.7 cm³/mol. The second-order valence-corrected chi connectivity index (χ2v) is 11.6. The third kappa shape index (κ3) is 1.93. The first kappa shape index (κ1) is 16.0. The van der Waals surface area contributed by atoms with Crippen molar-refractivity contribution in [2.24, 2.45) is 0 Å². The highest BCUT2D eigenvalue weighted by Crippen LogP contribution is 2.61. The van der Waals surface area contributed by atoms with Crippen LogP contribution in [0.5, 0.6) is 0 Å². The van der Waals surface area contributed by atoms with Crippen molar-refractivity contribution in [3.8, 4) is 0 Å². The van der Waals surface area contributed by atoms with Crippen molar-refractivity contribution in [2.45, 2.75) is 76.5 Å². The van der Waals surface area contributed by atoms with Gasteiger partial charge in [0.25, 0.3) is 0 Å². The van der Waals surface area contributed by atoms with Crippen LogP contribution in [0.1, 0.15) is 58.1 Å². The van der Waals surface area contributed by atoms with Crippen molar-refractivity contribution >= 4 is 8.32 Å². The van der Waals surface area contributed by atoms with Crippen molar-refractivity contribution < 1.29 is 4.43 Å². The molecule has 1 spiro atoms. The number of unbranched alkanes of at least 4 members (excludes halogenated alkanes) is 1. The smallest absolute Gasteiger partial charge is 0.221 e. The van der Waals surface area contributed by atoms with Crippen LogP contribution in [0.25, 0.3) is 0 Å². The molecule has 2 unspecified atom stereocenters. The molecular weight excluding hydrogens is 284 g/mol. The molecule has 0 aromatic heterocycles. The van der Waals surface area contributed by atoms with Crippen LogP contribution in [0.3, 0.4) is 0 Å². The first-order valence-corrected chi connectivity index (χ1v) is 11.2. The molecule has 22 heavy (non-hydrogen) atoms. The fraction of sp³-hybridized carbons (Fsp3) is 0.600. The summed E-state index contributed by atoms with van der Waals surface area (Å²) in [5.41, 5.74) is 2.95. The molecule has 2 heteroatoms. The maximum atomic E-state index is 6.93. The van der Waals surface area contributed by atoms with Crippen LogP contribution >= 0.6 is 0 Å². The topological polar surface area (TPSA) is 9.23 Å². The summed E-state index contributed by atoms with van der Waals surface area (Å²) in [7, 11) is -1.87. The first-order valence-electron chi connectivity index (χ1n) is 8.92. The molecule has 1 fully saturated rings. The minimum absolute atomic E-state index is 0.0551. The molecule has 1 aliphatic heterocycles. The lowest BCUT2D eigenvalue weighted by Gasteiger charge is -2.39. The van der Waals surface area contributed by atoms with Gasteiger partial charge < -0.3 is 4.43 Å². The van der Waals surface area contributed by atoms with Crippen LogP contribution in [0.15, 0.2) is 36.0 Å². The van der Waals surface area contributed by atoms with Crippen LogP contribution < -0.4 is 0 Å². The normalized spacial score (nSPS) is 32.6. The standard InChI is InChI=1S/C20H30OSi/c1-6-8-15-22(7-2)16(3)20(19(4,5)21-22)14-13-17-11-9-10-12-18(17)20/h9-12H,3,6-8,13-15H2,1-2,4-5H3. The van der Waals surface area contributed by atoms with Gasteiger partial charge in [0.15, 0.2) is 0 Å². The Labute approximate surface area is 136 Å². The summed E-state index contributed by atoms with van der Waals surface area (Å²) < 4.78 is 6.93. The van der Waals surface area contributed by atoms with E-state index in [2.05, 4.69) is 52.0 Å². The van der Waals surface area contributed by atoms with Gasteiger partial charge in [-0.1, -0.05) is 51.0 Å². The minimum Gasteiger partial charge on any atom is -0.407 e. The molecule has 0 saturated carbocycles. The van der Waals surface area contributed by atoms with Crippen LogP contribution in [0.4, 0.5) is 0 Å². The monoisotopic (exact) mass is 314 g/mol. The zero-order chi connectivity index (χ0) is 16.0. The fourth-order valence-corrected chi connectivity index (χ4v) is 9.93. The number of aryl methyl sites for hydroxylation is 1. The third-order valence-corrected chi connectivity index (χ3v) is 11.0. The van der Waals surface area contributed by atoms with Crippen LogP contribution in [0, 0.1) is 0 Å². The average molecular weight is 315 g/mol. The number of hydrogen-bond donors (Lipinski definition) is 0. The molecule has 2 aliphatic rings. The Hall–Kier alpha value is -0.863. The van der Waals surface area contributed by atoms with E-state index < -0.39 is 8.32 Å². The summed E-state index contributed by atoms with van der Waals surface area (Å²) in [6, 6.07) is 11.4. The van der Waals surface area contributed by atoms with Gasteiger partial charge >= 0.3 is 0 Å². The van der Waals surface area contributed by atoms with Gasteiger partial charge in [-0.3, -0.25) is 0 Å². The number of hydrogen-bond acceptors (Lipinski definition) is 1. The SMILES string of the molecule is C=C1C2(CCc3ccccc32)C(C)(C)O[Si]1(CC)CCCC.